The van der Waals surface area contributed by atoms with E-state index in [1.165, 1.54) is 11.1 Å². The molecule has 0 unspecified atom stereocenters. The summed E-state index contributed by atoms with van der Waals surface area (Å²) in [6, 6.07) is 10.2. The first-order valence-electron chi connectivity index (χ1n) is 9.61. The molecule has 1 aromatic carbocycles. The van der Waals surface area contributed by atoms with Gasteiger partial charge in [-0.05, 0) is 17.5 Å². The predicted molar refractivity (Wildman–Crippen MR) is 105 cm³/mol. The van der Waals surface area contributed by atoms with Gasteiger partial charge in [0.25, 0.3) is 0 Å². The molecule has 0 spiro atoms. The van der Waals surface area contributed by atoms with Crippen LogP contribution in [0.1, 0.15) is 23.4 Å². The number of aliphatic hydroxyl groups is 1. The molecule has 3 heterocycles. The summed E-state index contributed by atoms with van der Waals surface area (Å²) < 4.78 is 5.59. The number of benzene rings is 1. The summed E-state index contributed by atoms with van der Waals surface area (Å²) in [5, 5.41) is 13.1. The van der Waals surface area contributed by atoms with Gasteiger partial charge in [-0.2, -0.15) is 0 Å². The molecule has 0 fully saturated rings. The van der Waals surface area contributed by atoms with Crippen LogP contribution >= 0.6 is 0 Å². The van der Waals surface area contributed by atoms with Gasteiger partial charge >= 0.3 is 0 Å². The molecule has 2 N–H and O–H groups in total. The summed E-state index contributed by atoms with van der Waals surface area (Å²) in [6.45, 7) is 2.56. The molecule has 1 atom stereocenters. The van der Waals surface area contributed by atoms with Crippen LogP contribution in [0.5, 0.6) is 0 Å². The Morgan fingerprint density at radius 1 is 1.29 bits per heavy atom. The molecule has 0 saturated heterocycles. The number of carbonyl (C=O) groups is 1. The maximum absolute atomic E-state index is 12.1. The van der Waals surface area contributed by atoms with Gasteiger partial charge < -0.3 is 14.8 Å². The van der Waals surface area contributed by atoms with E-state index in [0.29, 0.717) is 30.0 Å². The number of hydrogen-bond donors (Lipinski definition) is 2. The number of carbonyl (C=O) groups excluding carboxylic acids is 1. The van der Waals surface area contributed by atoms with E-state index in [9.17, 15) is 9.90 Å². The molecule has 0 saturated carbocycles. The van der Waals surface area contributed by atoms with Crippen molar-refractivity contribution in [2.45, 2.75) is 31.9 Å². The molecule has 1 aliphatic heterocycles. The van der Waals surface area contributed by atoms with Gasteiger partial charge in [-0.15, -0.1) is 0 Å². The van der Waals surface area contributed by atoms with Gasteiger partial charge in [0.05, 0.1) is 12.3 Å². The normalized spacial score (nSPS) is 15.3. The molecule has 0 aliphatic carbocycles. The minimum absolute atomic E-state index is 0.122. The average molecular weight is 380 g/mol. The van der Waals surface area contributed by atoms with Crippen molar-refractivity contribution in [3.8, 4) is 0 Å². The summed E-state index contributed by atoms with van der Waals surface area (Å²) in [7, 11) is 0. The fraction of sp³-hybridized carbons (Fsp3) is 0.381. The van der Waals surface area contributed by atoms with Crippen molar-refractivity contribution in [2.75, 3.05) is 19.6 Å². The largest absolute Gasteiger partial charge is 0.441 e. The van der Waals surface area contributed by atoms with Crippen LogP contribution in [-0.4, -0.2) is 51.6 Å². The van der Waals surface area contributed by atoms with Crippen molar-refractivity contribution < 1.29 is 14.3 Å². The van der Waals surface area contributed by atoms with Crippen molar-refractivity contribution in [1.82, 2.24) is 20.2 Å². The Kier molecular flexibility index (Phi) is 5.64. The highest BCUT2D eigenvalue weighted by molar-refractivity contribution is 5.76. The van der Waals surface area contributed by atoms with Gasteiger partial charge in [-0.3, -0.25) is 14.7 Å². The molecule has 7 heteroatoms. The minimum atomic E-state index is -0.593. The maximum Gasteiger partial charge on any atom is 0.220 e. The Balaban J connectivity index is 1.19. The summed E-state index contributed by atoms with van der Waals surface area (Å²) in [6.07, 6.45) is 4.37. The second-order valence-electron chi connectivity index (χ2n) is 7.16. The fourth-order valence-electron chi connectivity index (χ4n) is 3.55. The van der Waals surface area contributed by atoms with Gasteiger partial charge in [0.2, 0.25) is 5.91 Å². The molecule has 1 amide bonds. The van der Waals surface area contributed by atoms with Crippen LogP contribution in [0.15, 0.2) is 47.1 Å². The third-order valence-corrected chi connectivity index (χ3v) is 5.01. The second-order valence-corrected chi connectivity index (χ2v) is 7.16. The zero-order chi connectivity index (χ0) is 19.3. The SMILES string of the molecule is O=C(CCc1nc2cnccc2o1)NC[C@H](O)CN1CCc2ccccc2C1. The van der Waals surface area contributed by atoms with E-state index in [4.69, 9.17) is 4.42 Å². The molecular formula is C21H24N4O3. The topological polar surface area (TPSA) is 91.5 Å². The first kappa shape index (κ1) is 18.6. The van der Waals surface area contributed by atoms with E-state index in [1.807, 2.05) is 6.07 Å². The minimum Gasteiger partial charge on any atom is -0.441 e. The number of amides is 1. The number of oxazole rings is 1. The van der Waals surface area contributed by atoms with Gasteiger partial charge in [0.15, 0.2) is 11.5 Å². The van der Waals surface area contributed by atoms with E-state index < -0.39 is 6.10 Å². The zero-order valence-electron chi connectivity index (χ0n) is 15.7. The molecule has 146 valence electrons. The van der Waals surface area contributed by atoms with Crippen molar-refractivity contribution in [2.24, 2.45) is 0 Å². The van der Waals surface area contributed by atoms with Crippen LogP contribution in [0.2, 0.25) is 0 Å². The number of nitrogens with one attached hydrogen (secondary N) is 1. The molecular weight excluding hydrogens is 356 g/mol. The highest BCUT2D eigenvalue weighted by Gasteiger charge is 2.18. The molecule has 4 rings (SSSR count). The van der Waals surface area contributed by atoms with Crippen LogP contribution in [0.3, 0.4) is 0 Å². The third kappa shape index (κ3) is 4.55. The number of aromatic nitrogens is 2. The summed E-state index contributed by atoms with van der Waals surface area (Å²) in [4.78, 5) is 22.6. The Bertz CT molecular complexity index is 922. The molecule has 1 aliphatic rings. The Morgan fingerprint density at radius 3 is 3.00 bits per heavy atom. The summed E-state index contributed by atoms with van der Waals surface area (Å²) >= 11 is 0. The lowest BCUT2D eigenvalue weighted by Gasteiger charge is -2.30. The highest BCUT2D eigenvalue weighted by atomic mass is 16.3. The fourth-order valence-corrected chi connectivity index (χ4v) is 3.55. The molecule has 0 bridgehead atoms. The number of aliphatic hydroxyl groups excluding tert-OH is 1. The Hall–Kier alpha value is -2.77. The van der Waals surface area contributed by atoms with Crippen molar-refractivity contribution in [3.05, 3.63) is 59.7 Å². The van der Waals surface area contributed by atoms with Gasteiger partial charge in [-0.25, -0.2) is 4.98 Å². The number of fused-ring (bicyclic) bond motifs is 2. The van der Waals surface area contributed by atoms with E-state index >= 15 is 0 Å². The first-order valence-corrected chi connectivity index (χ1v) is 9.61. The molecule has 2 aromatic heterocycles. The number of β-amino-alcohol motifs (C(OH)–C–C–N with tert-alkyl or cyclic N) is 1. The number of aryl methyl sites for hydroxylation is 1. The molecule has 0 radical (unpaired) electrons. The predicted octanol–water partition coefficient (Wildman–Crippen LogP) is 1.69. The van der Waals surface area contributed by atoms with Crippen LogP contribution in [0.25, 0.3) is 11.1 Å². The van der Waals surface area contributed by atoms with Crippen LogP contribution in [0, 0.1) is 0 Å². The lowest BCUT2D eigenvalue weighted by Crippen LogP contribution is -2.42. The molecule has 28 heavy (non-hydrogen) atoms. The van der Waals surface area contributed by atoms with E-state index in [1.54, 1.807) is 18.5 Å². The number of pyridine rings is 1. The number of nitrogens with zero attached hydrogens (tertiary/aromatic N) is 3. The highest BCUT2D eigenvalue weighted by Crippen LogP contribution is 2.18. The van der Waals surface area contributed by atoms with Gasteiger partial charge in [0, 0.05) is 51.3 Å². The third-order valence-electron chi connectivity index (χ3n) is 5.01. The molecule has 3 aromatic rings. The second kappa shape index (κ2) is 8.50. The Labute approximate surface area is 163 Å². The van der Waals surface area contributed by atoms with Gasteiger partial charge in [0.1, 0.15) is 5.52 Å². The van der Waals surface area contributed by atoms with Crippen molar-refractivity contribution in [1.29, 1.82) is 0 Å². The lowest BCUT2D eigenvalue weighted by atomic mass is 10.00. The molecule has 7 nitrogen and oxygen atoms in total. The van der Waals surface area contributed by atoms with Crippen LogP contribution in [-0.2, 0) is 24.2 Å². The lowest BCUT2D eigenvalue weighted by molar-refractivity contribution is -0.121. The Morgan fingerprint density at radius 2 is 2.14 bits per heavy atom. The maximum atomic E-state index is 12.1. The summed E-state index contributed by atoms with van der Waals surface area (Å²) in [5.74, 6) is 0.397. The number of rotatable bonds is 7. The summed E-state index contributed by atoms with van der Waals surface area (Å²) in [5.41, 5.74) is 4.07. The quantitative estimate of drug-likeness (QED) is 0.648. The zero-order valence-corrected chi connectivity index (χ0v) is 15.7. The van der Waals surface area contributed by atoms with Crippen molar-refractivity contribution >= 4 is 17.0 Å². The van der Waals surface area contributed by atoms with E-state index in [2.05, 4.69) is 38.4 Å². The van der Waals surface area contributed by atoms with E-state index in [0.717, 1.165) is 19.5 Å². The van der Waals surface area contributed by atoms with Gasteiger partial charge in [-0.1, -0.05) is 24.3 Å². The van der Waals surface area contributed by atoms with Crippen molar-refractivity contribution in [3.63, 3.8) is 0 Å². The van der Waals surface area contributed by atoms with Crippen LogP contribution < -0.4 is 5.32 Å². The first-order chi connectivity index (χ1) is 13.7. The average Bonchev–Trinajstić information content (AvgIpc) is 3.14. The smallest absolute Gasteiger partial charge is 0.220 e. The standard InChI is InChI=1S/C21H24N4O3/c26-17(14-25-10-8-15-3-1-2-4-16(15)13-25)11-23-20(27)5-6-21-24-18-12-22-9-7-19(18)28-21/h1-4,7,9,12,17,26H,5-6,8,10-11,13-14H2,(H,23,27)/t17-/m0/s1. The monoisotopic (exact) mass is 380 g/mol. The van der Waals surface area contributed by atoms with E-state index in [-0.39, 0.29) is 18.9 Å². The van der Waals surface area contributed by atoms with Crippen LogP contribution in [0.4, 0.5) is 0 Å². The number of hydrogen-bond acceptors (Lipinski definition) is 6.